The lowest BCUT2D eigenvalue weighted by Gasteiger charge is -2.13. The van der Waals surface area contributed by atoms with Crippen molar-refractivity contribution in [3.05, 3.63) is 23.5 Å². The van der Waals surface area contributed by atoms with Crippen LogP contribution >= 0.6 is 0 Å². The van der Waals surface area contributed by atoms with Crippen LogP contribution < -0.4 is 0 Å². The van der Waals surface area contributed by atoms with Crippen LogP contribution in [0.25, 0.3) is 0 Å². The van der Waals surface area contributed by atoms with Gasteiger partial charge in [-0.25, -0.2) is 0 Å². The number of rotatable bonds is 1. The fraction of sp³-hybridized carbons (Fsp3) is 0.500. The highest BCUT2D eigenvalue weighted by Crippen LogP contribution is 2.33. The maximum atomic E-state index is 12.3. The second-order valence-electron chi connectivity index (χ2n) is 3.01. The van der Waals surface area contributed by atoms with Crippen molar-refractivity contribution in [2.75, 3.05) is 0 Å². The quantitative estimate of drug-likeness (QED) is 0.680. The minimum atomic E-state index is -4.34. The summed E-state index contributed by atoms with van der Waals surface area (Å²) >= 11 is 0. The number of hydrogen-bond acceptors (Lipinski definition) is 2. The zero-order valence-electron chi connectivity index (χ0n) is 7.26. The Morgan fingerprint density at radius 3 is 2.08 bits per heavy atom. The van der Waals surface area contributed by atoms with Gasteiger partial charge < -0.3 is 0 Å². The van der Waals surface area contributed by atoms with E-state index in [-0.39, 0.29) is 11.5 Å². The van der Waals surface area contributed by atoms with Crippen LogP contribution in [-0.4, -0.2) is 10.2 Å². The highest BCUT2D eigenvalue weighted by molar-refractivity contribution is 5.26. The van der Waals surface area contributed by atoms with Gasteiger partial charge in [-0.05, 0) is 11.5 Å². The van der Waals surface area contributed by atoms with Gasteiger partial charge in [0.25, 0.3) is 0 Å². The molecule has 1 rings (SSSR count). The van der Waals surface area contributed by atoms with E-state index in [1.165, 1.54) is 0 Å². The summed E-state index contributed by atoms with van der Waals surface area (Å²) in [5.41, 5.74) is -0.514. The molecule has 0 bridgehead atoms. The molecule has 0 fully saturated rings. The van der Waals surface area contributed by atoms with Crippen molar-refractivity contribution < 1.29 is 13.2 Å². The van der Waals surface area contributed by atoms with E-state index in [2.05, 4.69) is 10.2 Å². The van der Waals surface area contributed by atoms with E-state index in [1.54, 1.807) is 13.8 Å². The average Bonchev–Trinajstić information content (AvgIpc) is 2.03. The lowest BCUT2D eigenvalue weighted by Crippen LogP contribution is -2.11. The van der Waals surface area contributed by atoms with Crippen molar-refractivity contribution >= 4 is 0 Å². The Hall–Kier alpha value is -1.13. The molecule has 0 radical (unpaired) electrons. The first-order valence-corrected chi connectivity index (χ1v) is 3.80. The highest BCUT2D eigenvalue weighted by Gasteiger charge is 2.34. The largest absolute Gasteiger partial charge is 0.418 e. The predicted molar refractivity (Wildman–Crippen MR) is 41.1 cm³/mol. The zero-order valence-corrected chi connectivity index (χ0v) is 7.26. The van der Waals surface area contributed by atoms with Crippen LogP contribution in [0.15, 0.2) is 12.4 Å². The molecule has 1 aromatic heterocycles. The molecule has 0 aliphatic rings. The smallest absolute Gasteiger partial charge is 0.166 e. The second kappa shape index (κ2) is 3.32. The molecule has 0 unspecified atom stereocenters. The molecule has 0 saturated heterocycles. The maximum absolute atomic E-state index is 12.3. The van der Waals surface area contributed by atoms with E-state index in [9.17, 15) is 13.2 Å². The van der Waals surface area contributed by atoms with Gasteiger partial charge in [-0.2, -0.15) is 23.4 Å². The third-order valence-corrected chi connectivity index (χ3v) is 1.69. The van der Waals surface area contributed by atoms with Crippen LogP contribution in [0.1, 0.15) is 30.9 Å². The summed E-state index contributed by atoms with van der Waals surface area (Å²) < 4.78 is 37.0. The summed E-state index contributed by atoms with van der Waals surface area (Å²) in [5.74, 6) is -0.202. The minimum absolute atomic E-state index is 0.183. The SMILES string of the molecule is CC(C)c1cnncc1C(F)(F)F. The molecular formula is C8H9F3N2. The van der Waals surface area contributed by atoms with E-state index in [0.29, 0.717) is 0 Å². The first kappa shape index (κ1) is 9.95. The average molecular weight is 190 g/mol. The van der Waals surface area contributed by atoms with E-state index in [0.717, 1.165) is 12.4 Å². The zero-order chi connectivity index (χ0) is 10.1. The predicted octanol–water partition coefficient (Wildman–Crippen LogP) is 2.62. The number of nitrogens with zero attached hydrogens (tertiary/aromatic N) is 2. The molecule has 1 aromatic rings. The fourth-order valence-corrected chi connectivity index (χ4v) is 1.03. The molecule has 0 atom stereocenters. The van der Waals surface area contributed by atoms with E-state index < -0.39 is 11.7 Å². The Balaban J connectivity index is 3.20. The molecule has 72 valence electrons. The lowest BCUT2D eigenvalue weighted by atomic mass is 10.0. The van der Waals surface area contributed by atoms with Crippen LogP contribution in [0.3, 0.4) is 0 Å². The highest BCUT2D eigenvalue weighted by atomic mass is 19.4. The third kappa shape index (κ3) is 2.17. The Morgan fingerprint density at radius 1 is 1.15 bits per heavy atom. The van der Waals surface area contributed by atoms with Gasteiger partial charge in [0.1, 0.15) is 0 Å². The van der Waals surface area contributed by atoms with E-state index in [4.69, 9.17) is 0 Å². The molecule has 1 heterocycles. The van der Waals surface area contributed by atoms with Gasteiger partial charge in [-0.15, -0.1) is 0 Å². The van der Waals surface area contributed by atoms with Crippen LogP contribution in [0, 0.1) is 0 Å². The number of alkyl halides is 3. The summed E-state index contributed by atoms with van der Waals surface area (Å²) in [6, 6.07) is 0. The van der Waals surface area contributed by atoms with Crippen LogP contribution in [0.4, 0.5) is 13.2 Å². The minimum Gasteiger partial charge on any atom is -0.166 e. The Morgan fingerprint density at radius 2 is 1.69 bits per heavy atom. The van der Waals surface area contributed by atoms with Gasteiger partial charge in [0, 0.05) is 0 Å². The Bertz CT molecular complexity index is 294. The van der Waals surface area contributed by atoms with Crippen LogP contribution in [0.2, 0.25) is 0 Å². The maximum Gasteiger partial charge on any atom is 0.418 e. The molecule has 0 spiro atoms. The summed E-state index contributed by atoms with van der Waals surface area (Å²) in [5, 5.41) is 6.65. The van der Waals surface area contributed by atoms with Gasteiger partial charge in [0.2, 0.25) is 0 Å². The fourth-order valence-electron chi connectivity index (χ4n) is 1.03. The van der Waals surface area contributed by atoms with Crippen molar-refractivity contribution in [1.29, 1.82) is 0 Å². The van der Waals surface area contributed by atoms with Gasteiger partial charge in [0.05, 0.1) is 18.0 Å². The molecule has 0 aromatic carbocycles. The van der Waals surface area contributed by atoms with Crippen molar-refractivity contribution in [3.8, 4) is 0 Å². The number of hydrogen-bond donors (Lipinski definition) is 0. The van der Waals surface area contributed by atoms with Gasteiger partial charge in [-0.1, -0.05) is 13.8 Å². The first-order valence-electron chi connectivity index (χ1n) is 3.80. The standard InChI is InChI=1S/C8H9F3N2/c1-5(2)6-3-12-13-4-7(6)8(9,10)11/h3-5H,1-2H3. The molecule has 0 N–H and O–H groups in total. The van der Waals surface area contributed by atoms with Crippen molar-refractivity contribution in [1.82, 2.24) is 10.2 Å². The second-order valence-corrected chi connectivity index (χ2v) is 3.01. The molecular weight excluding hydrogens is 181 g/mol. The normalized spacial score (nSPS) is 12.2. The van der Waals surface area contributed by atoms with Gasteiger partial charge in [-0.3, -0.25) is 0 Å². The molecule has 13 heavy (non-hydrogen) atoms. The monoisotopic (exact) mass is 190 g/mol. The third-order valence-electron chi connectivity index (χ3n) is 1.69. The summed E-state index contributed by atoms with van der Waals surface area (Å²) in [7, 11) is 0. The summed E-state index contributed by atoms with van der Waals surface area (Å²) in [4.78, 5) is 0. The Kier molecular flexibility index (Phi) is 2.54. The topological polar surface area (TPSA) is 25.8 Å². The van der Waals surface area contributed by atoms with Gasteiger partial charge >= 0.3 is 6.18 Å². The van der Waals surface area contributed by atoms with Crippen LogP contribution in [-0.2, 0) is 6.18 Å². The lowest BCUT2D eigenvalue weighted by molar-refractivity contribution is -0.138. The Labute approximate surface area is 73.8 Å². The van der Waals surface area contributed by atoms with E-state index >= 15 is 0 Å². The molecule has 0 saturated carbocycles. The summed E-state index contributed by atoms with van der Waals surface area (Å²) in [6.45, 7) is 3.37. The first-order chi connectivity index (χ1) is 5.93. The van der Waals surface area contributed by atoms with Crippen molar-refractivity contribution in [3.63, 3.8) is 0 Å². The number of aromatic nitrogens is 2. The molecule has 0 amide bonds. The molecule has 0 aliphatic heterocycles. The van der Waals surface area contributed by atoms with Crippen LogP contribution in [0.5, 0.6) is 0 Å². The van der Waals surface area contributed by atoms with E-state index in [1.807, 2.05) is 0 Å². The van der Waals surface area contributed by atoms with Crippen molar-refractivity contribution in [2.45, 2.75) is 25.9 Å². The van der Waals surface area contributed by atoms with Gasteiger partial charge in [0.15, 0.2) is 0 Å². The molecule has 5 heteroatoms. The molecule has 0 aliphatic carbocycles. The molecule has 2 nitrogen and oxygen atoms in total. The number of halogens is 3. The van der Waals surface area contributed by atoms with Crippen molar-refractivity contribution in [2.24, 2.45) is 0 Å². The summed E-state index contributed by atoms with van der Waals surface area (Å²) in [6.07, 6.45) is -2.42.